The number of hydrogen-bond donors (Lipinski definition) is 2. The first-order chi connectivity index (χ1) is 9.12. The van der Waals surface area contributed by atoms with Gasteiger partial charge in [0.1, 0.15) is 11.6 Å². The van der Waals surface area contributed by atoms with Crippen LogP contribution >= 0.6 is 23.2 Å². The summed E-state index contributed by atoms with van der Waals surface area (Å²) < 4.78 is 0. The van der Waals surface area contributed by atoms with Gasteiger partial charge in [0.05, 0.1) is 10.0 Å². The molecule has 1 heterocycles. The summed E-state index contributed by atoms with van der Waals surface area (Å²) >= 11 is 11.9. The average molecular weight is 297 g/mol. The van der Waals surface area contributed by atoms with E-state index >= 15 is 0 Å². The summed E-state index contributed by atoms with van der Waals surface area (Å²) in [5.74, 6) is 6.71. The van der Waals surface area contributed by atoms with Crippen molar-refractivity contribution in [3.8, 4) is 0 Å². The first-order valence-corrected chi connectivity index (χ1v) is 6.65. The molecular weight excluding hydrogens is 283 g/mol. The van der Waals surface area contributed by atoms with Gasteiger partial charge in [-0.15, -0.1) is 0 Å². The highest BCUT2D eigenvalue weighted by molar-refractivity contribution is 6.42. The fourth-order valence-corrected chi connectivity index (χ4v) is 2.04. The number of aromatic nitrogens is 2. The van der Waals surface area contributed by atoms with Gasteiger partial charge in [0.25, 0.3) is 0 Å². The SMILES string of the molecule is CCc1cc(NN)nc(Cc2ccc(Cl)c(Cl)c2)n1. The maximum Gasteiger partial charge on any atom is 0.143 e. The van der Waals surface area contributed by atoms with E-state index in [9.17, 15) is 0 Å². The maximum atomic E-state index is 5.99. The highest BCUT2D eigenvalue weighted by Crippen LogP contribution is 2.23. The zero-order valence-electron chi connectivity index (χ0n) is 10.5. The quantitative estimate of drug-likeness (QED) is 0.672. The summed E-state index contributed by atoms with van der Waals surface area (Å²) in [4.78, 5) is 8.79. The lowest BCUT2D eigenvalue weighted by Gasteiger charge is -2.07. The first-order valence-electron chi connectivity index (χ1n) is 5.89. The van der Waals surface area contributed by atoms with Crippen LogP contribution in [0.25, 0.3) is 0 Å². The molecule has 100 valence electrons. The molecule has 0 saturated carbocycles. The molecule has 2 aromatic rings. The molecule has 1 aromatic carbocycles. The fraction of sp³-hybridized carbons (Fsp3) is 0.231. The van der Waals surface area contributed by atoms with Crippen molar-refractivity contribution >= 4 is 29.0 Å². The highest BCUT2D eigenvalue weighted by Gasteiger charge is 2.06. The molecule has 0 atom stereocenters. The molecule has 0 amide bonds. The molecule has 0 unspecified atom stereocenters. The van der Waals surface area contributed by atoms with Crippen LogP contribution in [0.4, 0.5) is 5.82 Å². The number of hydrazine groups is 1. The van der Waals surface area contributed by atoms with Gasteiger partial charge in [0.15, 0.2) is 0 Å². The summed E-state index contributed by atoms with van der Waals surface area (Å²) in [5, 5.41) is 1.07. The van der Waals surface area contributed by atoms with Gasteiger partial charge in [-0.3, -0.25) is 0 Å². The number of anilines is 1. The Kier molecular flexibility index (Phi) is 4.58. The topological polar surface area (TPSA) is 63.8 Å². The predicted molar refractivity (Wildman–Crippen MR) is 78.5 cm³/mol. The van der Waals surface area contributed by atoms with Gasteiger partial charge in [-0.05, 0) is 24.1 Å². The van der Waals surface area contributed by atoms with Crippen LogP contribution in [-0.4, -0.2) is 9.97 Å². The zero-order chi connectivity index (χ0) is 13.8. The standard InChI is InChI=1S/C13H14Cl2N4/c1-2-9-7-13(19-16)18-12(17-9)6-8-3-4-10(14)11(15)5-8/h3-5,7H,2,6,16H2,1H3,(H,17,18,19). The van der Waals surface area contributed by atoms with E-state index in [0.717, 1.165) is 17.7 Å². The normalized spacial score (nSPS) is 10.5. The minimum Gasteiger partial charge on any atom is -0.308 e. The fourth-order valence-electron chi connectivity index (χ4n) is 1.72. The molecule has 0 saturated heterocycles. The molecule has 4 nitrogen and oxygen atoms in total. The predicted octanol–water partition coefficient (Wildman–Crippen LogP) is 3.22. The summed E-state index contributed by atoms with van der Waals surface area (Å²) in [6, 6.07) is 7.33. The molecule has 1 aromatic heterocycles. The van der Waals surface area contributed by atoms with Gasteiger partial charge in [-0.2, -0.15) is 0 Å². The zero-order valence-corrected chi connectivity index (χ0v) is 12.0. The number of rotatable bonds is 4. The Labute approximate surface area is 121 Å². The molecule has 2 rings (SSSR count). The van der Waals surface area contributed by atoms with Crippen LogP contribution in [0.15, 0.2) is 24.3 Å². The number of benzene rings is 1. The first kappa shape index (κ1) is 14.1. The molecule has 0 fully saturated rings. The third-order valence-electron chi connectivity index (χ3n) is 2.68. The molecule has 3 N–H and O–H groups in total. The number of aryl methyl sites for hydroxylation is 1. The smallest absolute Gasteiger partial charge is 0.143 e. The molecule has 0 radical (unpaired) electrons. The summed E-state index contributed by atoms with van der Waals surface area (Å²) in [7, 11) is 0. The van der Waals surface area contributed by atoms with Crippen LogP contribution in [0.3, 0.4) is 0 Å². The molecule has 0 aliphatic carbocycles. The van der Waals surface area contributed by atoms with Crippen LogP contribution in [0.2, 0.25) is 10.0 Å². The number of nitrogens with one attached hydrogen (secondary N) is 1. The third-order valence-corrected chi connectivity index (χ3v) is 3.42. The van der Waals surface area contributed by atoms with Crippen molar-refractivity contribution in [1.82, 2.24) is 9.97 Å². The highest BCUT2D eigenvalue weighted by atomic mass is 35.5. The van der Waals surface area contributed by atoms with E-state index in [4.69, 9.17) is 29.0 Å². The van der Waals surface area contributed by atoms with E-state index in [1.807, 2.05) is 25.1 Å². The summed E-state index contributed by atoms with van der Waals surface area (Å²) in [6.07, 6.45) is 1.41. The molecule has 6 heteroatoms. The number of halogens is 2. The molecule has 0 aliphatic rings. The maximum absolute atomic E-state index is 5.99. The van der Waals surface area contributed by atoms with Gasteiger partial charge in [-0.25, -0.2) is 15.8 Å². The van der Waals surface area contributed by atoms with Gasteiger partial charge in [0.2, 0.25) is 0 Å². The Hall–Kier alpha value is -1.36. The van der Waals surface area contributed by atoms with Crippen molar-refractivity contribution in [2.75, 3.05) is 5.43 Å². The van der Waals surface area contributed by atoms with Gasteiger partial charge < -0.3 is 5.43 Å². The second-order valence-electron chi connectivity index (χ2n) is 4.08. The van der Waals surface area contributed by atoms with Crippen molar-refractivity contribution in [2.24, 2.45) is 5.84 Å². The van der Waals surface area contributed by atoms with Crippen LogP contribution < -0.4 is 11.3 Å². The lowest BCUT2D eigenvalue weighted by Crippen LogP contribution is -2.11. The number of nitrogen functional groups attached to an aromatic ring is 1. The van der Waals surface area contributed by atoms with Crippen molar-refractivity contribution in [3.63, 3.8) is 0 Å². The minimum atomic E-state index is 0.531. The minimum absolute atomic E-state index is 0.531. The molecule has 0 bridgehead atoms. The Morgan fingerprint density at radius 1 is 1.16 bits per heavy atom. The van der Waals surface area contributed by atoms with E-state index in [-0.39, 0.29) is 0 Å². The molecule has 0 aliphatic heterocycles. The van der Waals surface area contributed by atoms with Crippen molar-refractivity contribution < 1.29 is 0 Å². The van der Waals surface area contributed by atoms with Gasteiger partial charge in [0, 0.05) is 18.2 Å². The third kappa shape index (κ3) is 3.56. The van der Waals surface area contributed by atoms with Gasteiger partial charge in [-0.1, -0.05) is 36.2 Å². The molecule has 19 heavy (non-hydrogen) atoms. The van der Waals surface area contributed by atoms with Crippen LogP contribution in [-0.2, 0) is 12.8 Å². The van der Waals surface area contributed by atoms with Crippen molar-refractivity contribution in [3.05, 3.63) is 51.4 Å². The van der Waals surface area contributed by atoms with Crippen molar-refractivity contribution in [1.29, 1.82) is 0 Å². The Balaban J connectivity index is 2.29. The van der Waals surface area contributed by atoms with Gasteiger partial charge >= 0.3 is 0 Å². The summed E-state index contributed by atoms with van der Waals surface area (Å²) in [5.41, 5.74) is 4.50. The monoisotopic (exact) mass is 296 g/mol. The van der Waals surface area contributed by atoms with Crippen LogP contribution in [0, 0.1) is 0 Å². The van der Waals surface area contributed by atoms with Crippen LogP contribution in [0.1, 0.15) is 24.0 Å². The van der Waals surface area contributed by atoms with Crippen molar-refractivity contribution in [2.45, 2.75) is 19.8 Å². The lowest BCUT2D eigenvalue weighted by atomic mass is 10.1. The number of nitrogens with zero attached hydrogens (tertiary/aromatic N) is 2. The van der Waals surface area contributed by atoms with E-state index in [0.29, 0.717) is 28.1 Å². The summed E-state index contributed by atoms with van der Waals surface area (Å²) in [6.45, 7) is 2.03. The lowest BCUT2D eigenvalue weighted by molar-refractivity contribution is 0.905. The second-order valence-corrected chi connectivity index (χ2v) is 4.90. The number of hydrogen-bond acceptors (Lipinski definition) is 4. The Bertz CT molecular complexity index is 565. The number of nitrogens with two attached hydrogens (primary N) is 1. The molecular formula is C13H14Cl2N4. The Morgan fingerprint density at radius 3 is 2.58 bits per heavy atom. The van der Waals surface area contributed by atoms with E-state index < -0.39 is 0 Å². The second kappa shape index (κ2) is 6.19. The van der Waals surface area contributed by atoms with E-state index in [1.165, 1.54) is 0 Å². The average Bonchev–Trinajstić information content (AvgIpc) is 2.42. The molecule has 0 spiro atoms. The van der Waals surface area contributed by atoms with Crippen LogP contribution in [0.5, 0.6) is 0 Å². The van der Waals surface area contributed by atoms with E-state index in [2.05, 4.69) is 15.4 Å². The Morgan fingerprint density at radius 2 is 1.95 bits per heavy atom. The largest absolute Gasteiger partial charge is 0.308 e. The van der Waals surface area contributed by atoms with E-state index in [1.54, 1.807) is 6.07 Å².